The third-order valence-electron chi connectivity index (χ3n) is 11.3. The summed E-state index contributed by atoms with van der Waals surface area (Å²) < 4.78 is 8.49. The zero-order valence-electron chi connectivity index (χ0n) is 26.7. The van der Waals surface area contributed by atoms with E-state index in [0.717, 1.165) is 81.7 Å². The highest BCUT2D eigenvalue weighted by Gasteiger charge is 2.51. The van der Waals surface area contributed by atoms with Crippen LogP contribution in [0.1, 0.15) is 69.0 Å². The van der Waals surface area contributed by atoms with Crippen LogP contribution in [0, 0.1) is 30.6 Å². The van der Waals surface area contributed by atoms with Gasteiger partial charge in [-0.2, -0.15) is 11.8 Å². The first-order chi connectivity index (χ1) is 21.2. The average molecular weight is 650 g/mol. The molecule has 3 N–H and O–H groups in total. The lowest BCUT2D eigenvalue weighted by Crippen LogP contribution is -2.57. The Labute approximate surface area is 271 Å². The summed E-state index contributed by atoms with van der Waals surface area (Å²) in [6.45, 7) is 8.38. The SMILES string of the molecule is Cc1nc2c(c(=O)n1CCOC1CCC(Cl)CC1C1CC(C)NC3C(C(=O)O)CSC13)CC(N(C)CC1CCCNC1)CC2. The molecule has 1 saturated carbocycles. The van der Waals surface area contributed by atoms with Gasteiger partial charge >= 0.3 is 5.97 Å². The number of hydrogen-bond donors (Lipinski definition) is 3. The van der Waals surface area contributed by atoms with Crippen LogP contribution in [0.4, 0.5) is 0 Å². The number of ether oxygens (including phenoxy) is 1. The van der Waals surface area contributed by atoms with Crippen molar-refractivity contribution in [3.05, 3.63) is 27.4 Å². The van der Waals surface area contributed by atoms with Gasteiger partial charge in [-0.1, -0.05) is 0 Å². The summed E-state index contributed by atoms with van der Waals surface area (Å²) in [5.41, 5.74) is 1.98. The topological polar surface area (TPSA) is 109 Å². The van der Waals surface area contributed by atoms with Gasteiger partial charge in [0, 0.05) is 46.6 Å². The van der Waals surface area contributed by atoms with E-state index in [4.69, 9.17) is 21.3 Å². The van der Waals surface area contributed by atoms with Crippen LogP contribution in [0.3, 0.4) is 0 Å². The van der Waals surface area contributed by atoms with Gasteiger partial charge in [-0.15, -0.1) is 11.6 Å². The number of carbonyl (C=O) groups is 1. The molecular weight excluding hydrogens is 598 g/mol. The molecule has 6 rings (SSSR count). The number of carboxylic acid groups (broad SMARTS) is 1. The van der Waals surface area contributed by atoms with Crippen LogP contribution < -0.4 is 16.2 Å². The fraction of sp³-hybridized carbons (Fsp3) is 0.848. The molecule has 9 nitrogen and oxygen atoms in total. The van der Waals surface area contributed by atoms with E-state index in [2.05, 4.69) is 29.5 Å². The number of piperidine rings is 2. The summed E-state index contributed by atoms with van der Waals surface area (Å²) in [5, 5.41) is 17.4. The van der Waals surface area contributed by atoms with Crippen molar-refractivity contribution in [2.75, 3.05) is 39.0 Å². The van der Waals surface area contributed by atoms with E-state index >= 15 is 0 Å². The normalized spacial score (nSPS) is 37.5. The van der Waals surface area contributed by atoms with Crippen LogP contribution in [-0.2, 0) is 28.9 Å². The fourth-order valence-electron chi connectivity index (χ4n) is 9.00. The molecule has 0 amide bonds. The molecule has 5 aliphatic rings. The van der Waals surface area contributed by atoms with E-state index in [1.807, 2.05) is 23.3 Å². The maximum absolute atomic E-state index is 13.8. The quantitative estimate of drug-likeness (QED) is 0.347. The third kappa shape index (κ3) is 7.05. The molecule has 0 radical (unpaired) electrons. The number of fused-ring (bicyclic) bond motifs is 2. The largest absolute Gasteiger partial charge is 0.481 e. The Morgan fingerprint density at radius 2 is 2.07 bits per heavy atom. The van der Waals surface area contributed by atoms with E-state index in [0.29, 0.717) is 42.7 Å². The van der Waals surface area contributed by atoms with Crippen molar-refractivity contribution in [1.29, 1.82) is 0 Å². The van der Waals surface area contributed by atoms with Gasteiger partial charge in [-0.05, 0) is 110 Å². The van der Waals surface area contributed by atoms with Crippen LogP contribution in [0.2, 0.25) is 0 Å². The summed E-state index contributed by atoms with van der Waals surface area (Å²) in [7, 11) is 2.22. The molecule has 10 unspecified atom stereocenters. The van der Waals surface area contributed by atoms with Crippen molar-refractivity contribution in [2.45, 2.75) is 113 Å². The van der Waals surface area contributed by atoms with E-state index in [1.165, 1.54) is 12.8 Å². The number of aryl methyl sites for hydroxylation is 2. The number of carboxylic acids is 1. The molecule has 0 aromatic carbocycles. The first kappa shape index (κ1) is 32.8. The van der Waals surface area contributed by atoms with E-state index < -0.39 is 5.97 Å². The molecule has 2 aliphatic carbocycles. The maximum Gasteiger partial charge on any atom is 0.308 e. The minimum Gasteiger partial charge on any atom is -0.481 e. The number of halogens is 1. The van der Waals surface area contributed by atoms with Crippen LogP contribution >= 0.6 is 23.4 Å². The van der Waals surface area contributed by atoms with E-state index in [9.17, 15) is 14.7 Å². The fourth-order valence-corrected chi connectivity index (χ4v) is 11.1. The number of alkyl halides is 1. The molecule has 11 heteroatoms. The highest BCUT2D eigenvalue weighted by atomic mass is 35.5. The van der Waals surface area contributed by atoms with Crippen molar-refractivity contribution >= 4 is 29.3 Å². The molecule has 4 fully saturated rings. The van der Waals surface area contributed by atoms with Crippen molar-refractivity contribution in [3.8, 4) is 0 Å². The summed E-state index contributed by atoms with van der Waals surface area (Å²) in [6.07, 6.45) is 9.02. The molecule has 0 spiro atoms. The minimum absolute atomic E-state index is 0.00685. The Morgan fingerprint density at radius 1 is 1.23 bits per heavy atom. The number of nitrogens with zero attached hydrogens (tertiary/aromatic N) is 3. The van der Waals surface area contributed by atoms with Gasteiger partial charge < -0.3 is 25.4 Å². The van der Waals surface area contributed by atoms with E-state index in [1.54, 1.807) is 0 Å². The lowest BCUT2D eigenvalue weighted by molar-refractivity contribution is -0.142. The number of rotatable bonds is 9. The van der Waals surface area contributed by atoms with E-state index in [-0.39, 0.29) is 40.3 Å². The summed E-state index contributed by atoms with van der Waals surface area (Å²) >= 11 is 8.57. The molecular formula is C33H52ClN5O4S. The minimum atomic E-state index is -0.698. The Balaban J connectivity index is 1.11. The van der Waals surface area contributed by atoms with Gasteiger partial charge in [0.2, 0.25) is 0 Å². The van der Waals surface area contributed by atoms with Gasteiger partial charge in [0.05, 0.1) is 30.9 Å². The second kappa shape index (κ2) is 14.3. The number of hydrogen-bond acceptors (Lipinski definition) is 8. The van der Waals surface area contributed by atoms with Crippen LogP contribution in [-0.4, -0.2) is 99.4 Å². The molecule has 3 saturated heterocycles. The van der Waals surface area contributed by atoms with Gasteiger partial charge in [0.15, 0.2) is 0 Å². The highest BCUT2D eigenvalue weighted by molar-refractivity contribution is 8.00. The van der Waals surface area contributed by atoms with Crippen molar-refractivity contribution < 1.29 is 14.6 Å². The molecule has 4 heterocycles. The van der Waals surface area contributed by atoms with Gasteiger partial charge in [0.1, 0.15) is 5.82 Å². The van der Waals surface area contributed by atoms with Crippen molar-refractivity contribution in [3.63, 3.8) is 0 Å². The standard InChI is InChI=1S/C33H52ClN5O4S/c1-19-13-25(31-30(36-19)27(18-44-31)33(41)42)24-14-22(34)6-9-29(24)43-12-11-39-20(2)37-28-8-7-23(15-26(28)32(39)40)38(3)17-21-5-4-10-35-16-21/h19,21-25,27,29-31,35-36H,4-18H2,1-3H3,(H,41,42). The molecule has 10 atom stereocenters. The second-order valence-corrected chi connectivity index (χ2v) is 16.1. The van der Waals surface area contributed by atoms with Crippen molar-refractivity contribution in [1.82, 2.24) is 25.1 Å². The Kier molecular flexibility index (Phi) is 10.6. The summed E-state index contributed by atoms with van der Waals surface area (Å²) in [4.78, 5) is 33.2. The smallest absolute Gasteiger partial charge is 0.308 e. The molecule has 1 aromatic heterocycles. The first-order valence-corrected chi connectivity index (χ1v) is 18.5. The number of nitrogens with one attached hydrogen (secondary N) is 2. The molecule has 3 aliphatic heterocycles. The van der Waals surface area contributed by atoms with Crippen LogP contribution in [0.5, 0.6) is 0 Å². The monoisotopic (exact) mass is 649 g/mol. The van der Waals surface area contributed by atoms with Crippen molar-refractivity contribution in [2.24, 2.45) is 23.7 Å². The number of thioether (sulfide) groups is 1. The summed E-state index contributed by atoms with van der Waals surface area (Å²) in [5.74, 6) is 1.73. The maximum atomic E-state index is 13.8. The zero-order valence-corrected chi connectivity index (χ0v) is 28.3. The first-order valence-electron chi connectivity index (χ1n) is 17.1. The van der Waals surface area contributed by atoms with Gasteiger partial charge in [-0.25, -0.2) is 4.98 Å². The predicted octanol–water partition coefficient (Wildman–Crippen LogP) is 3.32. The number of aromatic nitrogens is 2. The highest BCUT2D eigenvalue weighted by Crippen LogP contribution is 2.48. The van der Waals surface area contributed by atoms with Crippen LogP contribution in [0.15, 0.2) is 4.79 Å². The molecule has 0 bridgehead atoms. The summed E-state index contributed by atoms with van der Waals surface area (Å²) in [6, 6.07) is 0.638. The molecule has 246 valence electrons. The molecule has 44 heavy (non-hydrogen) atoms. The number of aliphatic carboxylic acids is 1. The molecule has 1 aromatic rings. The number of likely N-dealkylation sites (N-methyl/N-ethyl adjacent to an activating group) is 1. The average Bonchev–Trinajstić information content (AvgIpc) is 3.43. The third-order valence-corrected chi connectivity index (χ3v) is 13.3. The van der Waals surface area contributed by atoms with Gasteiger partial charge in [0.25, 0.3) is 5.56 Å². The zero-order chi connectivity index (χ0) is 31.0. The predicted molar refractivity (Wildman–Crippen MR) is 176 cm³/mol. The second-order valence-electron chi connectivity index (χ2n) is 14.3. The Morgan fingerprint density at radius 3 is 2.84 bits per heavy atom. The Bertz CT molecular complexity index is 1230. The van der Waals surface area contributed by atoms with Gasteiger partial charge in [-0.3, -0.25) is 14.2 Å². The lowest BCUT2D eigenvalue weighted by atomic mass is 9.70. The Hall–Kier alpha value is -1.17. The van der Waals surface area contributed by atoms with Crippen LogP contribution in [0.25, 0.3) is 0 Å². The lowest BCUT2D eigenvalue weighted by Gasteiger charge is -2.47.